The molecule has 1 saturated carbocycles. The van der Waals surface area contributed by atoms with Crippen molar-refractivity contribution in [1.29, 1.82) is 0 Å². The van der Waals surface area contributed by atoms with Gasteiger partial charge in [-0.05, 0) is 44.4 Å². The molecule has 0 radical (unpaired) electrons. The first kappa shape index (κ1) is 14.9. The van der Waals surface area contributed by atoms with Crippen LogP contribution in [0.15, 0.2) is 46.9 Å². The lowest BCUT2D eigenvalue weighted by atomic mass is 9.94. The zero-order valence-corrected chi connectivity index (χ0v) is 12.9. The lowest BCUT2D eigenvalue weighted by molar-refractivity contribution is -0.125. The standard InChI is InChI=1S/C18H21NO3/c1-13-8-9-15(22-13)17(2,21)12-19-16(20)18(10-11-18)14-6-4-3-5-7-14/h3-9,21H,10-12H2,1-2H3,(H,19,20). The van der Waals surface area contributed by atoms with Gasteiger partial charge in [0.2, 0.25) is 5.91 Å². The van der Waals surface area contributed by atoms with Crippen LogP contribution in [-0.2, 0) is 15.8 Å². The van der Waals surface area contributed by atoms with Gasteiger partial charge < -0.3 is 14.8 Å². The molecule has 116 valence electrons. The Morgan fingerprint density at radius 3 is 2.50 bits per heavy atom. The summed E-state index contributed by atoms with van der Waals surface area (Å²) in [5, 5.41) is 13.4. The molecule has 1 atom stereocenters. The molecule has 0 saturated heterocycles. The Bertz CT molecular complexity index is 669. The molecule has 4 nitrogen and oxygen atoms in total. The van der Waals surface area contributed by atoms with Gasteiger partial charge in [-0.3, -0.25) is 4.79 Å². The maximum atomic E-state index is 12.6. The second-order valence-corrected chi connectivity index (χ2v) is 6.31. The Kier molecular flexibility index (Phi) is 3.57. The highest BCUT2D eigenvalue weighted by Crippen LogP contribution is 2.48. The maximum Gasteiger partial charge on any atom is 0.230 e. The van der Waals surface area contributed by atoms with Crippen LogP contribution in [-0.4, -0.2) is 17.6 Å². The van der Waals surface area contributed by atoms with E-state index in [0.717, 1.165) is 24.2 Å². The maximum absolute atomic E-state index is 12.6. The largest absolute Gasteiger partial charge is 0.463 e. The summed E-state index contributed by atoms with van der Waals surface area (Å²) < 4.78 is 5.47. The minimum atomic E-state index is -1.21. The summed E-state index contributed by atoms with van der Waals surface area (Å²) in [6.07, 6.45) is 1.70. The number of aryl methyl sites for hydroxylation is 1. The molecule has 1 aromatic carbocycles. The number of hydrogen-bond donors (Lipinski definition) is 2. The minimum Gasteiger partial charge on any atom is -0.463 e. The summed E-state index contributed by atoms with van der Waals surface area (Å²) >= 11 is 0. The summed E-state index contributed by atoms with van der Waals surface area (Å²) in [6, 6.07) is 13.4. The molecule has 1 aliphatic rings. The zero-order valence-electron chi connectivity index (χ0n) is 12.9. The Morgan fingerprint density at radius 1 is 1.27 bits per heavy atom. The molecule has 1 heterocycles. The summed E-state index contributed by atoms with van der Waals surface area (Å²) in [5.41, 5.74) is -0.589. The molecule has 2 N–H and O–H groups in total. The van der Waals surface area contributed by atoms with E-state index >= 15 is 0 Å². The number of carbonyl (C=O) groups is 1. The monoisotopic (exact) mass is 299 g/mol. The van der Waals surface area contributed by atoms with Crippen molar-refractivity contribution in [1.82, 2.24) is 5.32 Å². The highest BCUT2D eigenvalue weighted by Gasteiger charge is 2.51. The fraction of sp³-hybridized carbons (Fsp3) is 0.389. The normalized spacial score (nSPS) is 18.5. The number of hydrogen-bond acceptors (Lipinski definition) is 3. The molecule has 0 spiro atoms. The van der Waals surface area contributed by atoms with Gasteiger partial charge in [-0.25, -0.2) is 0 Å². The first-order valence-corrected chi connectivity index (χ1v) is 7.57. The smallest absolute Gasteiger partial charge is 0.230 e. The lowest BCUT2D eigenvalue weighted by Gasteiger charge is -2.23. The van der Waals surface area contributed by atoms with Crippen molar-refractivity contribution in [2.75, 3.05) is 6.54 Å². The molecule has 1 amide bonds. The average molecular weight is 299 g/mol. The molecule has 0 bridgehead atoms. The fourth-order valence-corrected chi connectivity index (χ4v) is 2.76. The summed E-state index contributed by atoms with van der Waals surface area (Å²) in [4.78, 5) is 12.6. The highest BCUT2D eigenvalue weighted by molar-refractivity contribution is 5.91. The Balaban J connectivity index is 1.68. The molecule has 0 aliphatic heterocycles. The Morgan fingerprint density at radius 2 is 1.95 bits per heavy atom. The van der Waals surface area contributed by atoms with Gasteiger partial charge in [-0.15, -0.1) is 0 Å². The van der Waals surface area contributed by atoms with Gasteiger partial charge in [-0.2, -0.15) is 0 Å². The van der Waals surface area contributed by atoms with Crippen LogP contribution >= 0.6 is 0 Å². The highest BCUT2D eigenvalue weighted by atomic mass is 16.4. The third kappa shape index (κ3) is 2.66. The number of carbonyl (C=O) groups excluding carboxylic acids is 1. The van der Waals surface area contributed by atoms with Crippen molar-refractivity contribution in [3.05, 3.63) is 59.5 Å². The van der Waals surface area contributed by atoms with Crippen LogP contribution in [0.4, 0.5) is 0 Å². The topological polar surface area (TPSA) is 62.5 Å². The van der Waals surface area contributed by atoms with Gasteiger partial charge in [0.25, 0.3) is 0 Å². The Labute approximate surface area is 130 Å². The van der Waals surface area contributed by atoms with Crippen molar-refractivity contribution < 1.29 is 14.3 Å². The van der Waals surface area contributed by atoms with E-state index in [9.17, 15) is 9.90 Å². The minimum absolute atomic E-state index is 0.0257. The van der Waals surface area contributed by atoms with Gasteiger partial charge in [0.15, 0.2) is 0 Å². The first-order chi connectivity index (χ1) is 10.4. The van der Waals surface area contributed by atoms with Crippen molar-refractivity contribution in [3.8, 4) is 0 Å². The molecule has 3 rings (SSSR count). The van der Waals surface area contributed by atoms with E-state index in [0.29, 0.717) is 5.76 Å². The predicted molar refractivity (Wildman–Crippen MR) is 83.4 cm³/mol. The average Bonchev–Trinajstić information content (AvgIpc) is 3.21. The number of aliphatic hydroxyl groups is 1. The van der Waals surface area contributed by atoms with Gasteiger partial charge in [0.1, 0.15) is 17.1 Å². The van der Waals surface area contributed by atoms with E-state index < -0.39 is 11.0 Å². The fourth-order valence-electron chi connectivity index (χ4n) is 2.76. The van der Waals surface area contributed by atoms with Gasteiger partial charge in [0.05, 0.1) is 12.0 Å². The molecular formula is C18H21NO3. The van der Waals surface area contributed by atoms with E-state index in [1.165, 1.54) is 0 Å². The van der Waals surface area contributed by atoms with Crippen LogP contribution in [0.1, 0.15) is 36.8 Å². The number of benzene rings is 1. The van der Waals surface area contributed by atoms with Crippen molar-refractivity contribution >= 4 is 5.91 Å². The number of nitrogens with one attached hydrogen (secondary N) is 1. The van der Waals surface area contributed by atoms with Gasteiger partial charge in [-0.1, -0.05) is 30.3 Å². The summed E-state index contributed by atoms with van der Waals surface area (Å²) in [6.45, 7) is 3.60. The molecule has 22 heavy (non-hydrogen) atoms. The third-order valence-corrected chi connectivity index (χ3v) is 4.38. The van der Waals surface area contributed by atoms with E-state index in [1.807, 2.05) is 37.3 Å². The van der Waals surface area contributed by atoms with Crippen LogP contribution in [0.2, 0.25) is 0 Å². The van der Waals surface area contributed by atoms with E-state index in [2.05, 4.69) is 5.32 Å². The van der Waals surface area contributed by atoms with E-state index in [4.69, 9.17) is 4.42 Å². The van der Waals surface area contributed by atoms with Gasteiger partial charge >= 0.3 is 0 Å². The molecule has 1 aromatic heterocycles. The van der Waals surface area contributed by atoms with Gasteiger partial charge in [0, 0.05) is 0 Å². The van der Waals surface area contributed by atoms with Crippen LogP contribution in [0.5, 0.6) is 0 Å². The summed E-state index contributed by atoms with van der Waals surface area (Å²) in [5.74, 6) is 1.18. The molecular weight excluding hydrogens is 278 g/mol. The SMILES string of the molecule is Cc1ccc(C(C)(O)CNC(=O)C2(c3ccccc3)CC2)o1. The van der Waals surface area contributed by atoms with Crippen molar-refractivity contribution in [3.63, 3.8) is 0 Å². The second-order valence-electron chi connectivity index (χ2n) is 6.31. The zero-order chi connectivity index (χ0) is 15.8. The van der Waals surface area contributed by atoms with Crippen LogP contribution < -0.4 is 5.32 Å². The summed E-state index contributed by atoms with van der Waals surface area (Å²) in [7, 11) is 0. The number of rotatable bonds is 5. The number of amides is 1. The van der Waals surface area contributed by atoms with Crippen LogP contribution in [0.3, 0.4) is 0 Å². The Hall–Kier alpha value is -2.07. The van der Waals surface area contributed by atoms with Crippen molar-refractivity contribution in [2.45, 2.75) is 37.7 Å². The number of furan rings is 1. The molecule has 4 heteroatoms. The second kappa shape index (κ2) is 5.29. The molecule has 1 fully saturated rings. The van der Waals surface area contributed by atoms with Crippen molar-refractivity contribution in [2.24, 2.45) is 0 Å². The predicted octanol–water partition coefficient (Wildman–Crippen LogP) is 2.64. The molecule has 2 aromatic rings. The lowest BCUT2D eigenvalue weighted by Crippen LogP contribution is -2.43. The first-order valence-electron chi connectivity index (χ1n) is 7.57. The third-order valence-electron chi connectivity index (χ3n) is 4.38. The van der Waals surface area contributed by atoms with Crippen LogP contribution in [0.25, 0.3) is 0 Å². The quantitative estimate of drug-likeness (QED) is 0.892. The van der Waals surface area contributed by atoms with E-state index in [-0.39, 0.29) is 12.5 Å². The van der Waals surface area contributed by atoms with Crippen LogP contribution in [0, 0.1) is 6.92 Å². The molecule has 1 unspecified atom stereocenters. The van der Waals surface area contributed by atoms with E-state index in [1.54, 1.807) is 19.1 Å². The molecule has 1 aliphatic carbocycles.